The number of ether oxygens (including phenoxy) is 1. The lowest BCUT2D eigenvalue weighted by molar-refractivity contribution is -0.143. The van der Waals surface area contributed by atoms with Crippen LogP contribution in [0.2, 0.25) is 0 Å². The van der Waals surface area contributed by atoms with Gasteiger partial charge in [-0.2, -0.15) is 0 Å². The Bertz CT molecular complexity index is 1140. The summed E-state index contributed by atoms with van der Waals surface area (Å²) in [5, 5.41) is 6.49. The second-order valence-electron chi connectivity index (χ2n) is 6.25. The van der Waals surface area contributed by atoms with E-state index >= 15 is 0 Å². The number of benzene rings is 2. The Morgan fingerprint density at radius 3 is 2.70 bits per heavy atom. The Balaban J connectivity index is 1.42. The highest BCUT2D eigenvalue weighted by atomic mass is 32.2. The number of fused-ring (bicyclic) bond motifs is 1. The SMILES string of the molecule is COC(=O)[C@@H](NC(=O)c1cc(CSc2nc3ccccc3s2)on1)c1ccccc1. The van der Waals surface area contributed by atoms with Crippen molar-refractivity contribution in [2.75, 3.05) is 7.11 Å². The van der Waals surface area contributed by atoms with Crippen molar-refractivity contribution < 1.29 is 18.8 Å². The van der Waals surface area contributed by atoms with Crippen molar-refractivity contribution in [3.8, 4) is 0 Å². The molecule has 0 radical (unpaired) electrons. The molecule has 0 saturated heterocycles. The van der Waals surface area contributed by atoms with Crippen molar-refractivity contribution >= 4 is 45.2 Å². The van der Waals surface area contributed by atoms with E-state index in [4.69, 9.17) is 9.26 Å². The van der Waals surface area contributed by atoms with Gasteiger partial charge in [-0.05, 0) is 17.7 Å². The fraction of sp³-hybridized carbons (Fsp3) is 0.143. The molecule has 1 amide bonds. The molecule has 2 heterocycles. The largest absolute Gasteiger partial charge is 0.467 e. The van der Waals surface area contributed by atoms with Crippen LogP contribution >= 0.6 is 23.1 Å². The quantitative estimate of drug-likeness (QED) is 0.340. The molecule has 0 unspecified atom stereocenters. The fourth-order valence-electron chi connectivity index (χ4n) is 2.78. The van der Waals surface area contributed by atoms with Gasteiger partial charge in [0.15, 0.2) is 16.1 Å². The molecule has 0 aliphatic carbocycles. The second kappa shape index (κ2) is 9.10. The maximum atomic E-state index is 12.6. The fourth-order valence-corrected chi connectivity index (χ4v) is 4.72. The predicted molar refractivity (Wildman–Crippen MR) is 114 cm³/mol. The predicted octanol–water partition coefficient (Wildman–Crippen LogP) is 4.22. The summed E-state index contributed by atoms with van der Waals surface area (Å²) in [6.45, 7) is 0. The maximum absolute atomic E-state index is 12.6. The molecule has 0 aliphatic rings. The van der Waals surface area contributed by atoms with E-state index < -0.39 is 17.9 Å². The van der Waals surface area contributed by atoms with Gasteiger partial charge in [0.2, 0.25) is 0 Å². The molecular weight excluding hydrogens is 422 g/mol. The molecule has 4 aromatic rings. The number of amides is 1. The summed E-state index contributed by atoms with van der Waals surface area (Å²) < 4.78 is 12.1. The smallest absolute Gasteiger partial charge is 0.333 e. The van der Waals surface area contributed by atoms with E-state index in [1.807, 2.05) is 30.3 Å². The molecule has 7 nitrogen and oxygen atoms in total. The van der Waals surface area contributed by atoms with Crippen LogP contribution in [0, 0.1) is 0 Å². The van der Waals surface area contributed by atoms with Gasteiger partial charge >= 0.3 is 5.97 Å². The normalized spacial score (nSPS) is 11.9. The van der Waals surface area contributed by atoms with Gasteiger partial charge in [0, 0.05) is 6.07 Å². The summed E-state index contributed by atoms with van der Waals surface area (Å²) in [6, 6.07) is 17.4. The van der Waals surface area contributed by atoms with Crippen molar-refractivity contribution in [2.45, 2.75) is 16.1 Å². The molecule has 1 N–H and O–H groups in total. The summed E-state index contributed by atoms with van der Waals surface area (Å²) in [4.78, 5) is 29.3. The van der Waals surface area contributed by atoms with Crippen LogP contribution in [-0.4, -0.2) is 29.1 Å². The zero-order chi connectivity index (χ0) is 20.9. The van der Waals surface area contributed by atoms with Gasteiger partial charge in [0.05, 0.1) is 23.1 Å². The third-order valence-electron chi connectivity index (χ3n) is 4.25. The first-order valence-electron chi connectivity index (χ1n) is 9.01. The highest BCUT2D eigenvalue weighted by Crippen LogP contribution is 2.31. The third kappa shape index (κ3) is 4.52. The van der Waals surface area contributed by atoms with E-state index in [9.17, 15) is 9.59 Å². The lowest BCUT2D eigenvalue weighted by atomic mass is 10.1. The van der Waals surface area contributed by atoms with E-state index in [-0.39, 0.29) is 5.69 Å². The van der Waals surface area contributed by atoms with E-state index in [1.165, 1.54) is 18.9 Å². The van der Waals surface area contributed by atoms with Crippen LogP contribution in [-0.2, 0) is 15.3 Å². The number of thiazole rings is 1. The number of aromatic nitrogens is 2. The molecule has 0 aliphatic heterocycles. The van der Waals surface area contributed by atoms with Gasteiger partial charge in [-0.3, -0.25) is 4.79 Å². The van der Waals surface area contributed by atoms with E-state index in [1.54, 1.807) is 41.7 Å². The Hall–Kier alpha value is -3.17. The number of carbonyl (C=O) groups excluding carboxylic acids is 2. The van der Waals surface area contributed by atoms with Crippen LogP contribution in [0.4, 0.5) is 0 Å². The summed E-state index contributed by atoms with van der Waals surface area (Å²) >= 11 is 3.11. The van der Waals surface area contributed by atoms with Crippen LogP contribution in [0.5, 0.6) is 0 Å². The van der Waals surface area contributed by atoms with Crippen LogP contribution in [0.15, 0.2) is 69.5 Å². The molecule has 2 aromatic heterocycles. The summed E-state index contributed by atoms with van der Waals surface area (Å²) in [6.07, 6.45) is 0. The zero-order valence-corrected chi connectivity index (χ0v) is 17.5. The second-order valence-corrected chi connectivity index (χ2v) is 8.51. The number of rotatable bonds is 7. The van der Waals surface area contributed by atoms with Crippen LogP contribution in [0.1, 0.15) is 27.9 Å². The number of hydrogen-bond acceptors (Lipinski definition) is 8. The standard InChI is InChI=1S/C21H17N3O4S2/c1-27-20(26)18(13-7-3-2-4-8-13)23-19(25)16-11-14(28-24-16)12-29-21-22-15-9-5-6-10-17(15)30-21/h2-11,18H,12H2,1H3,(H,23,25)/t18-/m0/s1. The molecule has 30 heavy (non-hydrogen) atoms. The Morgan fingerprint density at radius 2 is 1.93 bits per heavy atom. The van der Waals surface area contributed by atoms with E-state index in [0.29, 0.717) is 17.1 Å². The number of nitrogens with one attached hydrogen (secondary N) is 1. The van der Waals surface area contributed by atoms with Crippen molar-refractivity contribution in [3.63, 3.8) is 0 Å². The number of carbonyl (C=O) groups is 2. The topological polar surface area (TPSA) is 94.3 Å². The Kier molecular flexibility index (Phi) is 6.10. The summed E-state index contributed by atoms with van der Waals surface area (Å²) in [5.74, 6) is -0.0585. The van der Waals surface area contributed by atoms with Crippen molar-refractivity contribution in [1.82, 2.24) is 15.5 Å². The van der Waals surface area contributed by atoms with Crippen molar-refractivity contribution in [3.05, 3.63) is 77.7 Å². The Labute approximate surface area is 180 Å². The van der Waals surface area contributed by atoms with Gasteiger partial charge in [-0.1, -0.05) is 59.4 Å². The molecule has 0 saturated carbocycles. The number of thioether (sulfide) groups is 1. The average Bonchev–Trinajstić information content (AvgIpc) is 3.42. The molecule has 2 aromatic carbocycles. The highest BCUT2D eigenvalue weighted by molar-refractivity contribution is 8.00. The van der Waals surface area contributed by atoms with Gasteiger partial charge < -0.3 is 14.6 Å². The van der Waals surface area contributed by atoms with Crippen molar-refractivity contribution in [1.29, 1.82) is 0 Å². The highest BCUT2D eigenvalue weighted by Gasteiger charge is 2.25. The number of para-hydroxylation sites is 1. The molecule has 4 rings (SSSR count). The van der Waals surface area contributed by atoms with Crippen LogP contribution in [0.25, 0.3) is 10.2 Å². The molecule has 0 spiro atoms. The number of methoxy groups -OCH3 is 1. The van der Waals surface area contributed by atoms with Crippen molar-refractivity contribution in [2.24, 2.45) is 0 Å². The monoisotopic (exact) mass is 439 g/mol. The molecule has 1 atom stereocenters. The van der Waals surface area contributed by atoms with E-state index in [0.717, 1.165) is 14.6 Å². The van der Waals surface area contributed by atoms with Gasteiger partial charge in [-0.25, -0.2) is 9.78 Å². The molecule has 0 bridgehead atoms. The van der Waals surface area contributed by atoms with Gasteiger partial charge in [0.25, 0.3) is 5.91 Å². The Morgan fingerprint density at radius 1 is 1.17 bits per heavy atom. The minimum atomic E-state index is -0.930. The minimum Gasteiger partial charge on any atom is -0.467 e. The first-order valence-corrected chi connectivity index (χ1v) is 10.8. The summed E-state index contributed by atoms with van der Waals surface area (Å²) in [5.41, 5.74) is 1.67. The van der Waals surface area contributed by atoms with Crippen LogP contribution in [0.3, 0.4) is 0 Å². The lowest BCUT2D eigenvalue weighted by Crippen LogP contribution is -2.34. The first kappa shape index (κ1) is 20.1. The number of hydrogen-bond donors (Lipinski definition) is 1. The minimum absolute atomic E-state index is 0.0970. The van der Waals surface area contributed by atoms with Gasteiger partial charge in [0.1, 0.15) is 5.76 Å². The third-order valence-corrected chi connectivity index (χ3v) is 6.45. The van der Waals surface area contributed by atoms with E-state index in [2.05, 4.69) is 15.5 Å². The zero-order valence-electron chi connectivity index (χ0n) is 15.9. The molecule has 9 heteroatoms. The number of nitrogens with zero attached hydrogens (tertiary/aromatic N) is 2. The lowest BCUT2D eigenvalue weighted by Gasteiger charge is -2.15. The number of esters is 1. The molecule has 0 fully saturated rings. The first-order chi connectivity index (χ1) is 14.6. The average molecular weight is 440 g/mol. The molecular formula is C21H17N3O4S2. The summed E-state index contributed by atoms with van der Waals surface area (Å²) in [7, 11) is 1.28. The maximum Gasteiger partial charge on any atom is 0.333 e. The van der Waals surface area contributed by atoms with Crippen LogP contribution < -0.4 is 5.32 Å². The molecule has 152 valence electrons. The van der Waals surface area contributed by atoms with Gasteiger partial charge in [-0.15, -0.1) is 11.3 Å².